The summed E-state index contributed by atoms with van der Waals surface area (Å²) in [6, 6.07) is 2.08. The van der Waals surface area contributed by atoms with Gasteiger partial charge in [0.05, 0.1) is 0 Å². The largest absolute Gasteiger partial charge is 0.353 e. The smallest absolute Gasteiger partial charge is 0.238 e. The fraction of sp³-hybridized carbons (Fsp3) is 0.579. The molecule has 0 saturated carbocycles. The minimum Gasteiger partial charge on any atom is -0.353 e. The van der Waals surface area contributed by atoms with Gasteiger partial charge in [-0.05, 0) is 49.9 Å². The Hall–Kier alpha value is -1.72. The van der Waals surface area contributed by atoms with Gasteiger partial charge in [0.2, 0.25) is 5.91 Å². The summed E-state index contributed by atoms with van der Waals surface area (Å²) in [4.78, 5) is 28.8. The summed E-state index contributed by atoms with van der Waals surface area (Å²) < 4.78 is 0. The molecule has 2 aliphatic heterocycles. The van der Waals surface area contributed by atoms with E-state index in [1.807, 2.05) is 6.92 Å². The SMILES string of the molecule is CC(=O)c1c(C)cc(C)c(CN2CCN3CCNC(=O)[C@H]3C2)c1C. The fourth-order valence-electron chi connectivity index (χ4n) is 4.21. The fourth-order valence-corrected chi connectivity index (χ4v) is 4.21. The summed E-state index contributed by atoms with van der Waals surface area (Å²) in [7, 11) is 0. The topological polar surface area (TPSA) is 52.7 Å². The van der Waals surface area contributed by atoms with Gasteiger partial charge in [-0.3, -0.25) is 19.4 Å². The zero-order chi connectivity index (χ0) is 17.4. The summed E-state index contributed by atoms with van der Waals surface area (Å²) in [5, 5.41) is 2.97. The first-order valence-corrected chi connectivity index (χ1v) is 8.73. The monoisotopic (exact) mass is 329 g/mol. The average molecular weight is 329 g/mol. The third-order valence-corrected chi connectivity index (χ3v) is 5.44. The van der Waals surface area contributed by atoms with E-state index in [1.165, 1.54) is 11.1 Å². The molecule has 2 fully saturated rings. The van der Waals surface area contributed by atoms with Crippen molar-refractivity contribution in [2.45, 2.75) is 40.3 Å². The maximum atomic E-state index is 12.1. The van der Waals surface area contributed by atoms with Crippen LogP contribution in [0.3, 0.4) is 0 Å². The van der Waals surface area contributed by atoms with Crippen LogP contribution in [-0.2, 0) is 11.3 Å². The number of hydrogen-bond donors (Lipinski definition) is 1. The molecular weight excluding hydrogens is 302 g/mol. The number of hydrogen-bond acceptors (Lipinski definition) is 4. The predicted octanol–water partition coefficient (Wildman–Crippen LogP) is 1.43. The molecule has 0 radical (unpaired) electrons. The van der Waals surface area contributed by atoms with E-state index in [2.05, 4.69) is 35.0 Å². The van der Waals surface area contributed by atoms with Gasteiger partial charge >= 0.3 is 0 Å². The Morgan fingerprint density at radius 1 is 1.21 bits per heavy atom. The summed E-state index contributed by atoms with van der Waals surface area (Å²) in [6.45, 7) is 13.0. The van der Waals surface area contributed by atoms with Gasteiger partial charge in [0, 0.05) is 44.8 Å². The number of rotatable bonds is 3. The van der Waals surface area contributed by atoms with Crippen molar-refractivity contribution >= 4 is 11.7 Å². The van der Waals surface area contributed by atoms with Crippen LogP contribution in [0.1, 0.15) is 39.5 Å². The highest BCUT2D eigenvalue weighted by Gasteiger charge is 2.34. The molecular formula is C19H27N3O2. The summed E-state index contributed by atoms with van der Waals surface area (Å²) in [5.41, 5.74) is 5.46. The van der Waals surface area contributed by atoms with E-state index in [4.69, 9.17) is 0 Å². The first-order chi connectivity index (χ1) is 11.4. The van der Waals surface area contributed by atoms with Gasteiger partial charge in [-0.1, -0.05) is 6.07 Å². The van der Waals surface area contributed by atoms with Gasteiger partial charge in [0.25, 0.3) is 0 Å². The van der Waals surface area contributed by atoms with Crippen molar-refractivity contribution in [1.82, 2.24) is 15.1 Å². The molecule has 5 nitrogen and oxygen atoms in total. The molecule has 0 aromatic heterocycles. The first kappa shape index (κ1) is 17.1. The number of nitrogens with zero attached hydrogens (tertiary/aromatic N) is 2. The number of piperazine rings is 2. The molecule has 2 aliphatic rings. The van der Waals surface area contributed by atoms with Crippen molar-refractivity contribution in [1.29, 1.82) is 0 Å². The van der Waals surface area contributed by atoms with E-state index in [1.54, 1.807) is 6.92 Å². The zero-order valence-corrected chi connectivity index (χ0v) is 15.1. The van der Waals surface area contributed by atoms with E-state index in [9.17, 15) is 9.59 Å². The Balaban J connectivity index is 1.83. The number of amides is 1. The molecule has 0 bridgehead atoms. The Labute approximate surface area is 144 Å². The van der Waals surface area contributed by atoms with E-state index < -0.39 is 0 Å². The lowest BCUT2D eigenvalue weighted by Gasteiger charge is -2.43. The van der Waals surface area contributed by atoms with Gasteiger partial charge in [-0.15, -0.1) is 0 Å². The van der Waals surface area contributed by atoms with Crippen LogP contribution in [0.15, 0.2) is 6.07 Å². The molecule has 1 aromatic carbocycles. The van der Waals surface area contributed by atoms with Crippen LogP contribution in [-0.4, -0.2) is 60.3 Å². The molecule has 5 heteroatoms. The molecule has 0 spiro atoms. The average Bonchev–Trinajstić information content (AvgIpc) is 2.51. The minimum atomic E-state index is -0.0363. The number of benzene rings is 1. The first-order valence-electron chi connectivity index (χ1n) is 8.73. The number of carbonyl (C=O) groups excluding carboxylic acids is 2. The number of aryl methyl sites for hydroxylation is 2. The molecule has 24 heavy (non-hydrogen) atoms. The van der Waals surface area contributed by atoms with Gasteiger partial charge in [-0.25, -0.2) is 0 Å². The summed E-state index contributed by atoms with van der Waals surface area (Å²) in [5.74, 6) is 0.274. The molecule has 3 rings (SSSR count). The molecule has 1 aromatic rings. The second-order valence-corrected chi connectivity index (χ2v) is 7.12. The van der Waals surface area contributed by atoms with Crippen LogP contribution < -0.4 is 5.32 Å². The Morgan fingerprint density at radius 2 is 1.96 bits per heavy atom. The lowest BCUT2D eigenvalue weighted by atomic mass is 9.91. The van der Waals surface area contributed by atoms with Crippen molar-refractivity contribution in [2.75, 3.05) is 32.7 Å². The number of carbonyl (C=O) groups is 2. The van der Waals surface area contributed by atoms with Crippen LogP contribution in [0.2, 0.25) is 0 Å². The molecule has 1 N–H and O–H groups in total. The molecule has 2 saturated heterocycles. The highest BCUT2D eigenvalue weighted by atomic mass is 16.2. The second-order valence-electron chi connectivity index (χ2n) is 7.12. The van der Waals surface area contributed by atoms with E-state index in [0.29, 0.717) is 0 Å². The van der Waals surface area contributed by atoms with E-state index in [0.717, 1.165) is 56.0 Å². The van der Waals surface area contributed by atoms with Crippen molar-refractivity contribution in [3.63, 3.8) is 0 Å². The molecule has 0 unspecified atom stereocenters. The molecule has 1 atom stereocenters. The van der Waals surface area contributed by atoms with Crippen molar-refractivity contribution in [3.05, 3.63) is 33.9 Å². The van der Waals surface area contributed by atoms with Crippen molar-refractivity contribution in [3.8, 4) is 0 Å². The Morgan fingerprint density at radius 3 is 2.67 bits per heavy atom. The third kappa shape index (κ3) is 3.10. The summed E-state index contributed by atoms with van der Waals surface area (Å²) >= 11 is 0. The van der Waals surface area contributed by atoms with Gasteiger partial charge in [0.1, 0.15) is 6.04 Å². The molecule has 130 valence electrons. The van der Waals surface area contributed by atoms with E-state index in [-0.39, 0.29) is 17.7 Å². The van der Waals surface area contributed by atoms with Crippen molar-refractivity contribution in [2.24, 2.45) is 0 Å². The van der Waals surface area contributed by atoms with Crippen LogP contribution in [0.5, 0.6) is 0 Å². The zero-order valence-electron chi connectivity index (χ0n) is 15.1. The van der Waals surface area contributed by atoms with Crippen LogP contribution >= 0.6 is 0 Å². The lowest BCUT2D eigenvalue weighted by molar-refractivity contribution is -0.131. The molecule has 0 aliphatic carbocycles. The highest BCUT2D eigenvalue weighted by molar-refractivity contribution is 5.97. The normalized spacial score (nSPS) is 22.2. The summed E-state index contributed by atoms with van der Waals surface area (Å²) in [6.07, 6.45) is 0. The maximum Gasteiger partial charge on any atom is 0.238 e. The number of Topliss-reactive ketones (excluding diaryl/α,β-unsaturated/α-hetero) is 1. The number of fused-ring (bicyclic) bond motifs is 1. The second kappa shape index (κ2) is 6.65. The number of ketones is 1. The van der Waals surface area contributed by atoms with Gasteiger partial charge < -0.3 is 5.32 Å². The molecule has 2 heterocycles. The van der Waals surface area contributed by atoms with E-state index >= 15 is 0 Å². The molecule has 1 amide bonds. The van der Waals surface area contributed by atoms with Gasteiger partial charge in [0.15, 0.2) is 5.78 Å². The Bertz CT molecular complexity index is 684. The van der Waals surface area contributed by atoms with Gasteiger partial charge in [-0.2, -0.15) is 0 Å². The predicted molar refractivity (Wildman–Crippen MR) is 94.3 cm³/mol. The van der Waals surface area contributed by atoms with Crippen LogP contribution in [0.25, 0.3) is 0 Å². The van der Waals surface area contributed by atoms with Crippen LogP contribution in [0, 0.1) is 20.8 Å². The number of nitrogens with one attached hydrogen (secondary N) is 1. The third-order valence-electron chi connectivity index (χ3n) is 5.44. The standard InChI is InChI=1S/C19H27N3O2/c1-12-9-13(2)18(15(4)23)14(3)16(12)10-21-7-8-22-6-5-20-19(24)17(22)11-21/h9,17H,5-8,10-11H2,1-4H3,(H,20,24)/t17-/m1/s1. The van der Waals surface area contributed by atoms with Crippen LogP contribution in [0.4, 0.5) is 0 Å². The highest BCUT2D eigenvalue weighted by Crippen LogP contribution is 2.25. The quantitative estimate of drug-likeness (QED) is 0.853. The minimum absolute atomic E-state index is 0.0363. The maximum absolute atomic E-state index is 12.1. The van der Waals surface area contributed by atoms with Crippen molar-refractivity contribution < 1.29 is 9.59 Å². The lowest BCUT2D eigenvalue weighted by Crippen LogP contribution is -2.63. The Kier molecular flexibility index (Phi) is 4.74.